The Kier molecular flexibility index (Phi) is 7.02. The molecule has 2 heterocycles. The Balaban J connectivity index is 1.97. The number of rotatable bonds is 7. The van der Waals surface area contributed by atoms with Gasteiger partial charge in [0.25, 0.3) is 11.2 Å². The molecule has 0 radical (unpaired) electrons. The largest absolute Gasteiger partial charge is 0.504 e. The minimum atomic E-state index is -0.777. The van der Waals surface area contributed by atoms with Crippen LogP contribution in [0, 0.1) is 10.1 Å². The molecule has 0 bridgehead atoms. The van der Waals surface area contributed by atoms with E-state index in [0.29, 0.717) is 16.1 Å². The molecular weight excluding hydrogens is 486 g/mol. The molecule has 1 aliphatic rings. The summed E-state index contributed by atoms with van der Waals surface area (Å²) in [6, 6.07) is 10.6. The molecule has 0 unspecified atom stereocenters. The number of hydrogen-bond donors (Lipinski definition) is 1. The molecule has 1 aromatic heterocycles. The Hall–Kier alpha value is -4.25. The van der Waals surface area contributed by atoms with Crippen LogP contribution in [-0.2, 0) is 9.53 Å². The molecular formula is C25H23N3O7S. The van der Waals surface area contributed by atoms with Gasteiger partial charge in [0.15, 0.2) is 16.3 Å². The van der Waals surface area contributed by atoms with Crippen LogP contribution in [0.3, 0.4) is 0 Å². The van der Waals surface area contributed by atoms with Crippen molar-refractivity contribution >= 4 is 29.1 Å². The topological polar surface area (TPSA) is 133 Å². The normalized spacial score (nSPS) is 15.3. The number of thiazole rings is 1. The lowest BCUT2D eigenvalue weighted by Crippen LogP contribution is -2.39. The van der Waals surface area contributed by atoms with Crippen LogP contribution < -0.4 is 19.6 Å². The zero-order valence-corrected chi connectivity index (χ0v) is 20.6. The van der Waals surface area contributed by atoms with E-state index in [1.54, 1.807) is 45.0 Å². The number of nitrogens with zero attached hydrogens (tertiary/aromatic N) is 3. The third-order valence-corrected chi connectivity index (χ3v) is 6.50. The van der Waals surface area contributed by atoms with Crippen LogP contribution in [0.5, 0.6) is 11.5 Å². The van der Waals surface area contributed by atoms with Gasteiger partial charge in [0, 0.05) is 11.6 Å². The highest BCUT2D eigenvalue weighted by molar-refractivity contribution is 7.07. The standard InChI is InChI=1S/C25H23N3O7S/c1-4-34-18-13-17(28(32)33)11-16(22(18)29)12-19-23(30)27-21(15-9-7-6-8-10-15)20(24(31)35-5-2)14(3)26-25(27)36-19/h6-13,21,29H,4-5H2,1-3H3/b19-12+/t21-/m0/s1. The van der Waals surface area contributed by atoms with Crippen LogP contribution in [0.25, 0.3) is 6.08 Å². The molecule has 0 amide bonds. The van der Waals surface area contributed by atoms with Crippen molar-refractivity contribution in [3.63, 3.8) is 0 Å². The van der Waals surface area contributed by atoms with Gasteiger partial charge >= 0.3 is 5.97 Å². The number of fused-ring (bicyclic) bond motifs is 1. The molecule has 2 aromatic carbocycles. The Morgan fingerprint density at radius 2 is 1.97 bits per heavy atom. The number of phenols is 1. The number of nitro groups is 1. The molecule has 3 aromatic rings. The average Bonchev–Trinajstić information content (AvgIpc) is 3.15. The molecule has 11 heteroatoms. The Labute approximate surface area is 209 Å². The molecule has 0 saturated carbocycles. The van der Waals surface area contributed by atoms with E-state index in [-0.39, 0.29) is 46.1 Å². The fourth-order valence-corrected chi connectivity index (χ4v) is 5.02. The van der Waals surface area contributed by atoms with Crippen molar-refractivity contribution in [2.75, 3.05) is 13.2 Å². The van der Waals surface area contributed by atoms with E-state index in [0.717, 1.165) is 17.4 Å². The second kappa shape index (κ2) is 10.2. The summed E-state index contributed by atoms with van der Waals surface area (Å²) in [5, 5.41) is 22.1. The van der Waals surface area contributed by atoms with E-state index in [4.69, 9.17) is 9.47 Å². The van der Waals surface area contributed by atoms with Gasteiger partial charge in [0.2, 0.25) is 0 Å². The van der Waals surface area contributed by atoms with Gasteiger partial charge in [-0.25, -0.2) is 9.79 Å². The van der Waals surface area contributed by atoms with Crippen molar-refractivity contribution in [3.8, 4) is 11.5 Å². The van der Waals surface area contributed by atoms with E-state index >= 15 is 0 Å². The van der Waals surface area contributed by atoms with E-state index in [2.05, 4.69) is 4.99 Å². The summed E-state index contributed by atoms with van der Waals surface area (Å²) in [5.74, 6) is -0.954. The first kappa shape index (κ1) is 24.9. The second-order valence-corrected chi connectivity index (χ2v) is 8.79. The number of carbonyl (C=O) groups excluding carboxylic acids is 1. The van der Waals surface area contributed by atoms with Crippen molar-refractivity contribution in [2.45, 2.75) is 26.8 Å². The molecule has 0 spiro atoms. The lowest BCUT2D eigenvalue weighted by Gasteiger charge is -2.24. The van der Waals surface area contributed by atoms with Crippen LogP contribution in [0.4, 0.5) is 5.69 Å². The van der Waals surface area contributed by atoms with Gasteiger partial charge in [-0.1, -0.05) is 41.7 Å². The van der Waals surface area contributed by atoms with Crippen molar-refractivity contribution in [3.05, 3.63) is 94.7 Å². The van der Waals surface area contributed by atoms with Crippen LogP contribution >= 0.6 is 11.3 Å². The van der Waals surface area contributed by atoms with Gasteiger partial charge in [-0.15, -0.1) is 0 Å². The van der Waals surface area contributed by atoms with Gasteiger partial charge < -0.3 is 14.6 Å². The molecule has 1 aliphatic heterocycles. The molecule has 0 fully saturated rings. The summed E-state index contributed by atoms with van der Waals surface area (Å²) in [4.78, 5) is 42.2. The molecule has 36 heavy (non-hydrogen) atoms. The maximum Gasteiger partial charge on any atom is 0.338 e. The summed E-state index contributed by atoms with van der Waals surface area (Å²) in [6.45, 7) is 5.41. The number of benzene rings is 2. The number of aromatic nitrogens is 1. The number of carbonyl (C=O) groups is 1. The van der Waals surface area contributed by atoms with Gasteiger partial charge in [0.05, 0.1) is 46.0 Å². The minimum absolute atomic E-state index is 0.0514. The number of nitro benzene ring substituents is 1. The van der Waals surface area contributed by atoms with Crippen molar-refractivity contribution in [1.29, 1.82) is 0 Å². The molecule has 10 nitrogen and oxygen atoms in total. The number of aromatic hydroxyl groups is 1. The molecule has 186 valence electrons. The maximum atomic E-state index is 13.6. The smallest absolute Gasteiger partial charge is 0.338 e. The van der Waals surface area contributed by atoms with Crippen LogP contribution in [0.1, 0.15) is 37.9 Å². The Morgan fingerprint density at radius 3 is 2.61 bits per heavy atom. The van der Waals surface area contributed by atoms with Gasteiger partial charge in [0.1, 0.15) is 0 Å². The van der Waals surface area contributed by atoms with Crippen molar-refractivity contribution in [1.82, 2.24) is 4.57 Å². The summed E-state index contributed by atoms with van der Waals surface area (Å²) >= 11 is 1.05. The minimum Gasteiger partial charge on any atom is -0.504 e. The fraction of sp³-hybridized carbons (Fsp3) is 0.240. The molecule has 1 N–H and O–H groups in total. The number of esters is 1. The highest BCUT2D eigenvalue weighted by atomic mass is 32.1. The SMILES string of the molecule is CCOC(=O)C1=C(C)N=c2s/c(=C/c3cc([N+](=O)[O-])cc(OCC)c3O)c(=O)n2[C@H]1c1ccccc1. The van der Waals surface area contributed by atoms with Crippen molar-refractivity contribution in [2.24, 2.45) is 4.99 Å². The predicted octanol–water partition coefficient (Wildman–Crippen LogP) is 2.81. The highest BCUT2D eigenvalue weighted by Crippen LogP contribution is 2.35. The van der Waals surface area contributed by atoms with E-state index in [1.165, 1.54) is 16.7 Å². The summed E-state index contributed by atoms with van der Waals surface area (Å²) in [6.07, 6.45) is 1.36. The Morgan fingerprint density at radius 1 is 1.25 bits per heavy atom. The van der Waals surface area contributed by atoms with Gasteiger partial charge in [-0.3, -0.25) is 19.5 Å². The van der Waals surface area contributed by atoms with Crippen molar-refractivity contribution < 1.29 is 24.3 Å². The summed E-state index contributed by atoms with van der Waals surface area (Å²) < 4.78 is 12.2. The third-order valence-electron chi connectivity index (χ3n) is 5.52. The zero-order chi connectivity index (χ0) is 26.0. The molecule has 1 atom stereocenters. The third kappa shape index (κ3) is 4.52. The highest BCUT2D eigenvalue weighted by Gasteiger charge is 2.33. The van der Waals surface area contributed by atoms with E-state index < -0.39 is 22.5 Å². The Bertz CT molecular complexity index is 1550. The lowest BCUT2D eigenvalue weighted by atomic mass is 9.96. The number of non-ortho nitro benzene ring substituents is 1. The van der Waals surface area contributed by atoms with E-state index in [9.17, 15) is 24.8 Å². The van der Waals surface area contributed by atoms with E-state index in [1.807, 2.05) is 6.07 Å². The zero-order valence-electron chi connectivity index (χ0n) is 19.8. The first-order valence-electron chi connectivity index (χ1n) is 11.2. The quantitative estimate of drug-likeness (QED) is 0.294. The predicted molar refractivity (Wildman–Crippen MR) is 133 cm³/mol. The van der Waals surface area contributed by atoms with Gasteiger partial charge in [-0.2, -0.15) is 0 Å². The summed E-state index contributed by atoms with van der Waals surface area (Å²) in [5.41, 5.74) is 0.657. The fourth-order valence-electron chi connectivity index (χ4n) is 3.98. The average molecular weight is 510 g/mol. The number of allylic oxidation sites excluding steroid dienone is 1. The first-order valence-corrected chi connectivity index (χ1v) is 12.0. The maximum absolute atomic E-state index is 13.6. The second-order valence-electron chi connectivity index (χ2n) is 7.78. The molecule has 4 rings (SSSR count). The van der Waals surface area contributed by atoms with Gasteiger partial charge in [-0.05, 0) is 32.4 Å². The van der Waals surface area contributed by atoms with Crippen LogP contribution in [-0.4, -0.2) is 33.8 Å². The summed E-state index contributed by atoms with van der Waals surface area (Å²) in [7, 11) is 0. The monoisotopic (exact) mass is 509 g/mol. The first-order chi connectivity index (χ1) is 17.3. The number of ether oxygens (including phenoxy) is 2. The lowest BCUT2D eigenvalue weighted by molar-refractivity contribution is -0.385. The number of phenolic OH excluding ortho intramolecular Hbond substituents is 1. The van der Waals surface area contributed by atoms with Crippen LogP contribution in [0.2, 0.25) is 0 Å². The number of hydrogen-bond acceptors (Lipinski definition) is 9. The molecule has 0 saturated heterocycles. The molecule has 0 aliphatic carbocycles. The van der Waals surface area contributed by atoms with Crippen LogP contribution in [0.15, 0.2) is 63.5 Å².